The summed E-state index contributed by atoms with van der Waals surface area (Å²) in [5.41, 5.74) is 0. The Kier molecular flexibility index (Phi) is 1.20. The van der Waals surface area contributed by atoms with Gasteiger partial charge >= 0.3 is 5.97 Å². The Morgan fingerprint density at radius 3 is 2.30 bits per heavy atom. The first-order chi connectivity index (χ1) is 4.79. The Hall–Kier alpha value is -0.570. The number of fused-ring (bicyclic) bond motifs is 2. The summed E-state index contributed by atoms with van der Waals surface area (Å²) in [6.45, 7) is 1.82. The molecule has 3 aliphatic rings. The highest BCUT2D eigenvalue weighted by molar-refractivity contribution is 5.72. The Morgan fingerprint density at radius 2 is 2.00 bits per heavy atom. The third-order valence-corrected chi connectivity index (χ3v) is 2.72. The Bertz CT molecular complexity index is 155. The molecular weight excluding hydrogens is 130 g/mol. The van der Waals surface area contributed by atoms with Gasteiger partial charge < -0.3 is 10.4 Å². The predicted molar refractivity (Wildman–Crippen MR) is 35.6 cm³/mol. The number of rotatable bonds is 1. The lowest BCUT2D eigenvalue weighted by Gasteiger charge is -2.47. The van der Waals surface area contributed by atoms with E-state index in [1.54, 1.807) is 0 Å². The first kappa shape index (κ1) is 6.16. The fourth-order valence-corrected chi connectivity index (χ4v) is 2.15. The number of hydrogen-bond donors (Lipinski definition) is 2. The van der Waals surface area contributed by atoms with Gasteiger partial charge in [0, 0.05) is 0 Å². The summed E-state index contributed by atoms with van der Waals surface area (Å²) in [4.78, 5) is 10.6. The molecule has 0 aromatic heterocycles. The van der Waals surface area contributed by atoms with Gasteiger partial charge in [0.1, 0.15) is 0 Å². The van der Waals surface area contributed by atoms with E-state index in [0.29, 0.717) is 11.8 Å². The van der Waals surface area contributed by atoms with Crippen LogP contribution in [0.3, 0.4) is 0 Å². The van der Waals surface area contributed by atoms with Crippen LogP contribution in [0.1, 0.15) is 6.42 Å². The minimum absolute atomic E-state index is 0.0266. The molecule has 2 N–H and O–H groups in total. The maximum atomic E-state index is 10.6. The average Bonchev–Trinajstić information content (AvgIpc) is 1.87. The molecule has 1 aliphatic carbocycles. The van der Waals surface area contributed by atoms with Gasteiger partial charge in [-0.2, -0.15) is 0 Å². The van der Waals surface area contributed by atoms with Gasteiger partial charge in [-0.3, -0.25) is 4.79 Å². The fraction of sp³-hybridized carbons (Fsp3) is 0.857. The number of piperidine rings is 2. The van der Waals surface area contributed by atoms with Gasteiger partial charge in [0.25, 0.3) is 0 Å². The van der Waals surface area contributed by atoms with E-state index >= 15 is 0 Å². The molecule has 56 valence electrons. The third-order valence-electron chi connectivity index (χ3n) is 2.72. The zero-order valence-electron chi connectivity index (χ0n) is 5.71. The lowest BCUT2D eigenvalue weighted by Crippen LogP contribution is -2.56. The summed E-state index contributed by atoms with van der Waals surface area (Å²) in [6, 6.07) is 0. The van der Waals surface area contributed by atoms with E-state index < -0.39 is 5.97 Å². The number of hydrogen-bond acceptors (Lipinski definition) is 2. The second kappa shape index (κ2) is 1.95. The van der Waals surface area contributed by atoms with Gasteiger partial charge in [0.15, 0.2) is 0 Å². The zero-order chi connectivity index (χ0) is 7.14. The molecule has 2 aliphatic heterocycles. The SMILES string of the molecule is O=C(O)C1[C@@H]2CNC[C@@H]1C2. The molecule has 3 rings (SSSR count). The number of carbonyl (C=O) groups is 1. The maximum absolute atomic E-state index is 10.6. The van der Waals surface area contributed by atoms with Crippen LogP contribution >= 0.6 is 0 Å². The molecule has 2 atom stereocenters. The molecule has 0 aromatic rings. The van der Waals surface area contributed by atoms with Gasteiger partial charge in [-0.15, -0.1) is 0 Å². The molecule has 0 spiro atoms. The molecular formula is C7H11NO2. The molecule has 1 saturated carbocycles. The minimum Gasteiger partial charge on any atom is -0.481 e. The molecule has 0 amide bonds. The quantitative estimate of drug-likeness (QED) is 0.537. The molecule has 3 heteroatoms. The van der Waals surface area contributed by atoms with Crippen LogP contribution in [-0.2, 0) is 4.79 Å². The van der Waals surface area contributed by atoms with Crippen LogP contribution in [0.5, 0.6) is 0 Å². The topological polar surface area (TPSA) is 49.3 Å². The van der Waals surface area contributed by atoms with E-state index in [9.17, 15) is 4.79 Å². The molecule has 3 fully saturated rings. The summed E-state index contributed by atoms with van der Waals surface area (Å²) in [6.07, 6.45) is 1.13. The van der Waals surface area contributed by atoms with Crippen LogP contribution in [0.4, 0.5) is 0 Å². The predicted octanol–water partition coefficient (Wildman–Crippen LogP) is -0.0735. The maximum Gasteiger partial charge on any atom is 0.307 e. The molecule has 2 heterocycles. The highest BCUT2D eigenvalue weighted by atomic mass is 16.4. The number of aliphatic carboxylic acids is 1. The van der Waals surface area contributed by atoms with Crippen molar-refractivity contribution >= 4 is 5.97 Å². The summed E-state index contributed by atoms with van der Waals surface area (Å²) < 4.78 is 0. The van der Waals surface area contributed by atoms with Crippen molar-refractivity contribution in [1.29, 1.82) is 0 Å². The molecule has 10 heavy (non-hydrogen) atoms. The Morgan fingerprint density at radius 1 is 1.40 bits per heavy atom. The number of nitrogens with one attached hydrogen (secondary N) is 1. The molecule has 0 radical (unpaired) electrons. The first-order valence-corrected chi connectivity index (χ1v) is 3.72. The zero-order valence-corrected chi connectivity index (χ0v) is 5.71. The van der Waals surface area contributed by atoms with Crippen LogP contribution in [0.2, 0.25) is 0 Å². The van der Waals surface area contributed by atoms with Crippen molar-refractivity contribution in [3.05, 3.63) is 0 Å². The second-order valence-electron chi connectivity index (χ2n) is 3.28. The van der Waals surface area contributed by atoms with E-state index in [-0.39, 0.29) is 5.92 Å². The standard InChI is InChI=1S/C7H11NO2/c9-7(10)6-4-1-5(6)3-8-2-4/h4-6,8H,1-3H2,(H,9,10)/t4-,5-/m0/s1. The first-order valence-electron chi connectivity index (χ1n) is 3.72. The van der Waals surface area contributed by atoms with Gasteiger partial charge in [0.05, 0.1) is 5.92 Å². The summed E-state index contributed by atoms with van der Waals surface area (Å²) in [5.74, 6) is 0.233. The lowest BCUT2D eigenvalue weighted by atomic mass is 9.62. The monoisotopic (exact) mass is 141 g/mol. The average molecular weight is 141 g/mol. The Balaban J connectivity index is 2.06. The van der Waals surface area contributed by atoms with E-state index in [1.807, 2.05) is 0 Å². The van der Waals surface area contributed by atoms with Gasteiger partial charge in [-0.25, -0.2) is 0 Å². The van der Waals surface area contributed by atoms with Crippen LogP contribution in [0, 0.1) is 17.8 Å². The largest absolute Gasteiger partial charge is 0.481 e. The summed E-state index contributed by atoms with van der Waals surface area (Å²) in [7, 11) is 0. The van der Waals surface area contributed by atoms with E-state index in [0.717, 1.165) is 19.5 Å². The van der Waals surface area contributed by atoms with Crippen LogP contribution in [0.25, 0.3) is 0 Å². The number of carboxylic acids is 1. The lowest BCUT2D eigenvalue weighted by molar-refractivity contribution is -0.154. The van der Waals surface area contributed by atoms with Gasteiger partial charge in [0.2, 0.25) is 0 Å². The van der Waals surface area contributed by atoms with Gasteiger partial charge in [-0.1, -0.05) is 0 Å². The molecule has 0 unspecified atom stereocenters. The highest BCUT2D eigenvalue weighted by Crippen LogP contribution is 2.42. The molecule has 0 aromatic carbocycles. The third kappa shape index (κ3) is 0.669. The van der Waals surface area contributed by atoms with Crippen molar-refractivity contribution in [2.45, 2.75) is 6.42 Å². The summed E-state index contributed by atoms with van der Waals surface area (Å²) >= 11 is 0. The molecule has 2 saturated heterocycles. The van der Waals surface area contributed by atoms with Crippen molar-refractivity contribution in [2.24, 2.45) is 17.8 Å². The fourth-order valence-electron chi connectivity index (χ4n) is 2.15. The molecule has 3 nitrogen and oxygen atoms in total. The van der Waals surface area contributed by atoms with Crippen molar-refractivity contribution in [1.82, 2.24) is 5.32 Å². The Labute approximate surface area is 59.4 Å². The summed E-state index contributed by atoms with van der Waals surface area (Å²) in [5, 5.41) is 11.9. The van der Waals surface area contributed by atoms with Gasteiger partial charge in [-0.05, 0) is 31.3 Å². The minimum atomic E-state index is -0.595. The highest BCUT2D eigenvalue weighted by Gasteiger charge is 2.47. The second-order valence-corrected chi connectivity index (χ2v) is 3.28. The van der Waals surface area contributed by atoms with Crippen LogP contribution < -0.4 is 5.32 Å². The van der Waals surface area contributed by atoms with E-state index in [4.69, 9.17) is 5.11 Å². The van der Waals surface area contributed by atoms with Crippen LogP contribution in [-0.4, -0.2) is 24.2 Å². The smallest absolute Gasteiger partial charge is 0.307 e. The van der Waals surface area contributed by atoms with Crippen molar-refractivity contribution < 1.29 is 9.90 Å². The van der Waals surface area contributed by atoms with Crippen molar-refractivity contribution in [3.8, 4) is 0 Å². The number of carboxylic acid groups (broad SMARTS) is 1. The van der Waals surface area contributed by atoms with E-state index in [2.05, 4.69) is 5.32 Å². The normalized spacial score (nSPS) is 44.2. The van der Waals surface area contributed by atoms with Crippen LogP contribution in [0.15, 0.2) is 0 Å². The van der Waals surface area contributed by atoms with E-state index in [1.165, 1.54) is 0 Å². The van der Waals surface area contributed by atoms with Crippen molar-refractivity contribution in [2.75, 3.05) is 13.1 Å². The van der Waals surface area contributed by atoms with Crippen molar-refractivity contribution in [3.63, 3.8) is 0 Å². The molecule has 2 bridgehead atoms.